The van der Waals surface area contributed by atoms with Gasteiger partial charge >= 0.3 is 0 Å². The summed E-state index contributed by atoms with van der Waals surface area (Å²) in [6.45, 7) is 5.45. The normalized spacial score (nSPS) is 16.7. The number of amides is 1. The molecule has 0 aliphatic carbocycles. The molecule has 1 saturated heterocycles. The summed E-state index contributed by atoms with van der Waals surface area (Å²) >= 11 is 0. The van der Waals surface area contributed by atoms with E-state index in [1.165, 1.54) is 0 Å². The SMILES string of the molecule is CCN1CCC(N(C)C(=O)COc2cccc(N)c2)CC1. The number of benzene rings is 1. The molecule has 2 rings (SSSR count). The molecule has 5 nitrogen and oxygen atoms in total. The average molecular weight is 291 g/mol. The van der Waals surface area contributed by atoms with Crippen LogP contribution in [0.1, 0.15) is 19.8 Å². The molecule has 0 saturated carbocycles. The molecule has 116 valence electrons. The van der Waals surface area contributed by atoms with E-state index in [1.807, 2.05) is 24.1 Å². The standard InChI is InChI=1S/C16H25N3O2/c1-3-19-9-7-14(8-10-19)18(2)16(20)12-21-15-6-4-5-13(17)11-15/h4-6,11,14H,3,7-10,12,17H2,1-2H3. The minimum Gasteiger partial charge on any atom is -0.484 e. The van der Waals surface area contributed by atoms with Crippen LogP contribution in [0.4, 0.5) is 5.69 Å². The lowest BCUT2D eigenvalue weighted by molar-refractivity contribution is -0.135. The Bertz CT molecular complexity index is 470. The minimum absolute atomic E-state index is 0.0207. The molecule has 1 fully saturated rings. The Morgan fingerprint density at radius 1 is 1.43 bits per heavy atom. The fraction of sp³-hybridized carbons (Fsp3) is 0.562. The molecule has 0 atom stereocenters. The van der Waals surface area contributed by atoms with Crippen molar-refractivity contribution in [1.29, 1.82) is 0 Å². The van der Waals surface area contributed by atoms with Crippen LogP contribution in [-0.4, -0.2) is 55.0 Å². The maximum Gasteiger partial charge on any atom is 0.260 e. The maximum absolute atomic E-state index is 12.2. The summed E-state index contributed by atoms with van der Waals surface area (Å²) in [7, 11) is 1.87. The van der Waals surface area contributed by atoms with Crippen LogP contribution in [0.3, 0.4) is 0 Å². The van der Waals surface area contributed by atoms with Gasteiger partial charge in [-0.05, 0) is 31.5 Å². The highest BCUT2D eigenvalue weighted by molar-refractivity contribution is 5.77. The van der Waals surface area contributed by atoms with Gasteiger partial charge in [0, 0.05) is 37.9 Å². The van der Waals surface area contributed by atoms with Crippen molar-refractivity contribution in [2.45, 2.75) is 25.8 Å². The van der Waals surface area contributed by atoms with Crippen molar-refractivity contribution in [3.05, 3.63) is 24.3 Å². The molecule has 1 aromatic rings. The summed E-state index contributed by atoms with van der Waals surface area (Å²) in [6.07, 6.45) is 2.07. The topological polar surface area (TPSA) is 58.8 Å². The molecule has 1 amide bonds. The predicted octanol–water partition coefficient (Wildman–Crippen LogP) is 1.59. The Hall–Kier alpha value is -1.75. The van der Waals surface area contributed by atoms with E-state index in [0.717, 1.165) is 32.5 Å². The first kappa shape index (κ1) is 15.6. The number of hydrogen-bond acceptors (Lipinski definition) is 4. The van der Waals surface area contributed by atoms with E-state index in [0.29, 0.717) is 17.5 Å². The lowest BCUT2D eigenvalue weighted by Gasteiger charge is -2.36. The Kier molecular flexibility index (Phi) is 5.44. The summed E-state index contributed by atoms with van der Waals surface area (Å²) in [5.74, 6) is 0.657. The number of likely N-dealkylation sites (tertiary alicyclic amines) is 1. The molecule has 0 radical (unpaired) electrons. The van der Waals surface area contributed by atoms with Crippen LogP contribution in [0.15, 0.2) is 24.3 Å². The first-order chi connectivity index (χ1) is 10.1. The van der Waals surface area contributed by atoms with Crippen molar-refractivity contribution >= 4 is 11.6 Å². The Morgan fingerprint density at radius 2 is 2.14 bits per heavy atom. The number of ether oxygens (including phenoxy) is 1. The highest BCUT2D eigenvalue weighted by Gasteiger charge is 2.24. The summed E-state index contributed by atoms with van der Waals surface area (Å²) in [5, 5.41) is 0. The van der Waals surface area contributed by atoms with Crippen LogP contribution in [0.2, 0.25) is 0 Å². The third-order valence-corrected chi connectivity index (χ3v) is 4.17. The highest BCUT2D eigenvalue weighted by atomic mass is 16.5. The quantitative estimate of drug-likeness (QED) is 0.837. The van der Waals surface area contributed by atoms with Crippen LogP contribution in [0, 0.1) is 0 Å². The van der Waals surface area contributed by atoms with E-state index >= 15 is 0 Å². The van der Waals surface area contributed by atoms with Gasteiger partial charge < -0.3 is 20.3 Å². The van der Waals surface area contributed by atoms with Crippen molar-refractivity contribution in [1.82, 2.24) is 9.80 Å². The van der Waals surface area contributed by atoms with Gasteiger partial charge in [0.25, 0.3) is 5.91 Å². The van der Waals surface area contributed by atoms with Crippen LogP contribution in [0.5, 0.6) is 5.75 Å². The molecule has 2 N–H and O–H groups in total. The summed E-state index contributed by atoms with van der Waals surface area (Å²) in [6, 6.07) is 7.47. The van der Waals surface area contributed by atoms with E-state index in [4.69, 9.17) is 10.5 Å². The summed E-state index contributed by atoms with van der Waals surface area (Å²) < 4.78 is 5.52. The van der Waals surface area contributed by atoms with Crippen molar-refractivity contribution < 1.29 is 9.53 Å². The van der Waals surface area contributed by atoms with E-state index in [-0.39, 0.29) is 12.5 Å². The molecule has 1 heterocycles. The van der Waals surface area contributed by atoms with Crippen molar-refractivity contribution in [3.8, 4) is 5.75 Å². The fourth-order valence-corrected chi connectivity index (χ4v) is 2.68. The van der Waals surface area contributed by atoms with Crippen molar-refractivity contribution in [2.24, 2.45) is 0 Å². The monoisotopic (exact) mass is 291 g/mol. The number of anilines is 1. The molecule has 1 aliphatic rings. The zero-order valence-electron chi connectivity index (χ0n) is 12.9. The van der Waals surface area contributed by atoms with E-state index in [2.05, 4.69) is 11.8 Å². The lowest BCUT2D eigenvalue weighted by atomic mass is 10.0. The van der Waals surface area contributed by atoms with Gasteiger partial charge in [0.15, 0.2) is 6.61 Å². The van der Waals surface area contributed by atoms with Gasteiger partial charge in [-0.15, -0.1) is 0 Å². The molecule has 0 unspecified atom stereocenters. The second kappa shape index (κ2) is 7.31. The van der Waals surface area contributed by atoms with E-state index < -0.39 is 0 Å². The minimum atomic E-state index is 0.0207. The largest absolute Gasteiger partial charge is 0.484 e. The Labute approximate surface area is 126 Å². The second-order valence-electron chi connectivity index (χ2n) is 5.53. The zero-order valence-corrected chi connectivity index (χ0v) is 12.9. The molecule has 5 heteroatoms. The van der Waals surface area contributed by atoms with E-state index in [1.54, 1.807) is 12.1 Å². The molecule has 1 aliphatic heterocycles. The lowest BCUT2D eigenvalue weighted by Crippen LogP contribution is -2.46. The number of hydrogen-bond donors (Lipinski definition) is 1. The molecule has 1 aromatic carbocycles. The number of nitrogens with two attached hydrogens (primary N) is 1. The number of likely N-dealkylation sites (N-methyl/N-ethyl adjacent to an activating group) is 1. The molecular formula is C16H25N3O2. The third-order valence-electron chi connectivity index (χ3n) is 4.17. The van der Waals surface area contributed by atoms with Gasteiger partial charge in [0.2, 0.25) is 0 Å². The Morgan fingerprint density at radius 3 is 2.76 bits per heavy atom. The van der Waals surface area contributed by atoms with Gasteiger partial charge in [0.05, 0.1) is 0 Å². The first-order valence-corrected chi connectivity index (χ1v) is 7.56. The smallest absolute Gasteiger partial charge is 0.260 e. The van der Waals surface area contributed by atoms with E-state index in [9.17, 15) is 4.79 Å². The Balaban J connectivity index is 1.80. The summed E-state index contributed by atoms with van der Waals surface area (Å²) in [5.41, 5.74) is 6.33. The van der Waals surface area contributed by atoms with Crippen LogP contribution in [-0.2, 0) is 4.79 Å². The van der Waals surface area contributed by atoms with Crippen LogP contribution in [0.25, 0.3) is 0 Å². The molecule has 0 bridgehead atoms. The fourth-order valence-electron chi connectivity index (χ4n) is 2.68. The second-order valence-corrected chi connectivity index (χ2v) is 5.53. The molecular weight excluding hydrogens is 266 g/mol. The van der Waals surface area contributed by atoms with Crippen LogP contribution < -0.4 is 10.5 Å². The molecule has 21 heavy (non-hydrogen) atoms. The predicted molar refractivity (Wildman–Crippen MR) is 84.3 cm³/mol. The first-order valence-electron chi connectivity index (χ1n) is 7.56. The van der Waals surface area contributed by atoms with Gasteiger partial charge in [-0.1, -0.05) is 13.0 Å². The molecule has 0 aromatic heterocycles. The number of carbonyl (C=O) groups is 1. The number of nitrogens with zero attached hydrogens (tertiary/aromatic N) is 2. The average Bonchev–Trinajstić information content (AvgIpc) is 2.52. The summed E-state index contributed by atoms with van der Waals surface area (Å²) in [4.78, 5) is 16.5. The third kappa shape index (κ3) is 4.36. The maximum atomic E-state index is 12.2. The van der Waals surface area contributed by atoms with Gasteiger partial charge in [-0.2, -0.15) is 0 Å². The number of nitrogen functional groups attached to an aromatic ring is 1. The number of carbonyl (C=O) groups excluding carboxylic acids is 1. The van der Waals surface area contributed by atoms with Gasteiger partial charge in [-0.3, -0.25) is 4.79 Å². The molecule has 0 spiro atoms. The van der Waals surface area contributed by atoms with Gasteiger partial charge in [0.1, 0.15) is 5.75 Å². The number of rotatable bonds is 5. The highest BCUT2D eigenvalue weighted by Crippen LogP contribution is 2.17. The zero-order chi connectivity index (χ0) is 15.2. The van der Waals surface area contributed by atoms with Crippen molar-refractivity contribution in [3.63, 3.8) is 0 Å². The van der Waals surface area contributed by atoms with Crippen LogP contribution >= 0.6 is 0 Å². The van der Waals surface area contributed by atoms with Gasteiger partial charge in [-0.25, -0.2) is 0 Å². The number of piperidine rings is 1. The van der Waals surface area contributed by atoms with Crippen molar-refractivity contribution in [2.75, 3.05) is 39.0 Å².